The van der Waals surface area contributed by atoms with E-state index in [-0.39, 0.29) is 24.1 Å². The maximum absolute atomic E-state index is 12.7. The lowest BCUT2D eigenvalue weighted by Gasteiger charge is -2.45. The Labute approximate surface area is 168 Å². The second-order valence-corrected chi connectivity index (χ2v) is 7.05. The summed E-state index contributed by atoms with van der Waals surface area (Å²) in [6.45, 7) is 12.4. The molecule has 1 saturated heterocycles. The molecule has 0 unspecified atom stereocenters. The fourth-order valence-corrected chi connectivity index (χ4v) is 3.43. The van der Waals surface area contributed by atoms with Crippen LogP contribution in [0.1, 0.15) is 13.8 Å². The van der Waals surface area contributed by atoms with Crippen LogP contribution in [0.5, 0.6) is 6.01 Å². The number of nitrogens with zero attached hydrogens (tertiary/aromatic N) is 5. The van der Waals surface area contributed by atoms with E-state index in [1.807, 2.05) is 19.1 Å². The quantitative estimate of drug-likeness (QED) is 0.793. The Morgan fingerprint density at radius 3 is 2.61 bits per heavy atom. The van der Waals surface area contributed by atoms with Crippen LogP contribution in [0, 0.1) is 6.57 Å². The van der Waals surface area contributed by atoms with Gasteiger partial charge < -0.3 is 19.9 Å². The Balaban J connectivity index is 1.69. The molecule has 0 saturated carbocycles. The second-order valence-electron chi connectivity index (χ2n) is 6.64. The van der Waals surface area contributed by atoms with E-state index < -0.39 is 0 Å². The maximum Gasteiger partial charge on any atom is 0.322 e. The van der Waals surface area contributed by atoms with Gasteiger partial charge in [-0.05, 0) is 26.0 Å². The molecule has 1 aliphatic heterocycles. The minimum Gasteiger partial charge on any atom is -0.467 e. The smallest absolute Gasteiger partial charge is 0.322 e. The SMILES string of the molecule is [C-]#[N+]c1ccc(N2C[C@@H](C)N(C(=O)Nc3cnc(OC)nc3)C[C@@H]2C)cc1Cl. The predicted molar refractivity (Wildman–Crippen MR) is 108 cm³/mol. The molecule has 2 atom stereocenters. The van der Waals surface area contributed by atoms with Crippen molar-refractivity contribution in [1.82, 2.24) is 14.9 Å². The van der Waals surface area contributed by atoms with Gasteiger partial charge in [0.05, 0.1) is 31.8 Å². The number of carbonyl (C=O) groups is 1. The van der Waals surface area contributed by atoms with Gasteiger partial charge in [0.1, 0.15) is 0 Å². The maximum atomic E-state index is 12.7. The molecule has 0 spiro atoms. The molecular formula is C19H21ClN6O2. The largest absolute Gasteiger partial charge is 0.467 e. The number of ether oxygens (including phenoxy) is 1. The number of methoxy groups -OCH3 is 1. The molecule has 2 amide bonds. The molecule has 2 aromatic rings. The molecule has 0 aliphatic carbocycles. The Bertz CT molecular complexity index is 898. The number of hydrogen-bond donors (Lipinski definition) is 1. The number of aromatic nitrogens is 2. The predicted octanol–water partition coefficient (Wildman–Crippen LogP) is 3.82. The summed E-state index contributed by atoms with van der Waals surface area (Å²) in [5.41, 5.74) is 1.89. The molecule has 1 aliphatic rings. The van der Waals surface area contributed by atoms with E-state index in [1.165, 1.54) is 19.5 Å². The zero-order valence-corrected chi connectivity index (χ0v) is 16.6. The average Bonchev–Trinajstić information content (AvgIpc) is 2.69. The van der Waals surface area contributed by atoms with Gasteiger partial charge in [-0.3, -0.25) is 0 Å². The highest BCUT2D eigenvalue weighted by Crippen LogP contribution is 2.32. The van der Waals surface area contributed by atoms with Crippen LogP contribution in [0.15, 0.2) is 30.6 Å². The van der Waals surface area contributed by atoms with Crippen molar-refractivity contribution in [3.63, 3.8) is 0 Å². The molecule has 1 N–H and O–H groups in total. The highest BCUT2D eigenvalue weighted by molar-refractivity contribution is 6.33. The standard InChI is InChI=1S/C19H21ClN6O2/c1-12-11-26(19(27)24-14-8-22-18(28-4)23-9-14)13(2)10-25(12)15-5-6-17(21-3)16(20)7-15/h5-9,12-13H,10-11H2,1-2,4H3,(H,24,27)/t12-,13+/m0/s1. The lowest BCUT2D eigenvalue weighted by molar-refractivity contribution is 0.173. The van der Waals surface area contributed by atoms with Crippen LogP contribution in [0.2, 0.25) is 5.02 Å². The van der Waals surface area contributed by atoms with Gasteiger partial charge in [0, 0.05) is 35.9 Å². The molecule has 2 heterocycles. The van der Waals surface area contributed by atoms with Crippen molar-refractivity contribution in [1.29, 1.82) is 0 Å². The van der Waals surface area contributed by atoms with Crippen molar-refractivity contribution in [3.05, 3.63) is 47.0 Å². The lowest BCUT2D eigenvalue weighted by atomic mass is 10.1. The first kappa shape index (κ1) is 19.7. The summed E-state index contributed by atoms with van der Waals surface area (Å²) in [6, 6.07) is 5.55. The number of urea groups is 1. The van der Waals surface area contributed by atoms with E-state index in [1.54, 1.807) is 11.0 Å². The van der Waals surface area contributed by atoms with Crippen molar-refractivity contribution in [2.75, 3.05) is 30.4 Å². The first-order chi connectivity index (χ1) is 13.4. The van der Waals surface area contributed by atoms with Gasteiger partial charge in [-0.25, -0.2) is 19.6 Å². The number of amides is 2. The second kappa shape index (κ2) is 8.31. The fraction of sp³-hybridized carbons (Fsp3) is 0.368. The van der Waals surface area contributed by atoms with E-state index in [0.717, 1.165) is 5.69 Å². The van der Waals surface area contributed by atoms with E-state index in [0.29, 0.717) is 29.5 Å². The summed E-state index contributed by atoms with van der Waals surface area (Å²) in [5, 5.41) is 3.26. The molecule has 3 rings (SSSR count). The number of anilines is 2. The number of piperazine rings is 1. The van der Waals surface area contributed by atoms with Gasteiger partial charge in [0.15, 0.2) is 0 Å². The minimum atomic E-state index is -0.200. The highest BCUT2D eigenvalue weighted by atomic mass is 35.5. The van der Waals surface area contributed by atoms with Gasteiger partial charge >= 0.3 is 12.0 Å². The van der Waals surface area contributed by atoms with Crippen molar-refractivity contribution >= 4 is 34.7 Å². The van der Waals surface area contributed by atoms with Crippen LogP contribution >= 0.6 is 11.6 Å². The highest BCUT2D eigenvalue weighted by Gasteiger charge is 2.32. The molecule has 8 nitrogen and oxygen atoms in total. The van der Waals surface area contributed by atoms with Gasteiger partial charge in [0.25, 0.3) is 0 Å². The number of halogens is 1. The van der Waals surface area contributed by atoms with E-state index in [4.69, 9.17) is 22.9 Å². The molecule has 0 radical (unpaired) electrons. The summed E-state index contributed by atoms with van der Waals surface area (Å²) in [6.07, 6.45) is 3.02. The Kier molecular flexibility index (Phi) is 5.85. The third kappa shape index (κ3) is 4.10. The molecule has 0 bridgehead atoms. The number of benzene rings is 1. The van der Waals surface area contributed by atoms with Crippen LogP contribution in [-0.2, 0) is 0 Å². The Morgan fingerprint density at radius 1 is 1.29 bits per heavy atom. The molecule has 1 fully saturated rings. The zero-order chi connectivity index (χ0) is 20.3. The minimum absolute atomic E-state index is 0.0188. The van der Waals surface area contributed by atoms with E-state index >= 15 is 0 Å². The zero-order valence-electron chi connectivity index (χ0n) is 15.9. The number of rotatable bonds is 3. The van der Waals surface area contributed by atoms with Crippen molar-refractivity contribution < 1.29 is 9.53 Å². The third-order valence-corrected chi connectivity index (χ3v) is 4.99. The van der Waals surface area contributed by atoms with Crippen molar-refractivity contribution in [2.24, 2.45) is 0 Å². The first-order valence-electron chi connectivity index (χ1n) is 8.80. The Morgan fingerprint density at radius 2 is 2.00 bits per heavy atom. The molecule has 28 heavy (non-hydrogen) atoms. The van der Waals surface area contributed by atoms with Crippen LogP contribution in [-0.4, -0.2) is 53.2 Å². The van der Waals surface area contributed by atoms with Crippen LogP contribution in [0.25, 0.3) is 4.85 Å². The fourth-order valence-electron chi connectivity index (χ4n) is 3.22. The summed E-state index contributed by atoms with van der Waals surface area (Å²) in [5.74, 6) is 0. The van der Waals surface area contributed by atoms with Crippen LogP contribution < -0.4 is 15.0 Å². The average molecular weight is 401 g/mol. The normalized spacial score (nSPS) is 19.1. The monoisotopic (exact) mass is 400 g/mol. The summed E-state index contributed by atoms with van der Waals surface area (Å²) < 4.78 is 4.92. The van der Waals surface area contributed by atoms with Crippen molar-refractivity contribution in [2.45, 2.75) is 25.9 Å². The number of hydrogen-bond acceptors (Lipinski definition) is 5. The molecule has 146 valence electrons. The lowest BCUT2D eigenvalue weighted by Crippen LogP contribution is -2.59. The van der Waals surface area contributed by atoms with Gasteiger partial charge in [-0.1, -0.05) is 17.7 Å². The van der Waals surface area contributed by atoms with Crippen LogP contribution in [0.3, 0.4) is 0 Å². The summed E-state index contributed by atoms with van der Waals surface area (Å²) >= 11 is 6.19. The molecule has 9 heteroatoms. The van der Waals surface area contributed by atoms with Crippen molar-refractivity contribution in [3.8, 4) is 6.01 Å². The molecule has 1 aromatic heterocycles. The number of carbonyl (C=O) groups excluding carboxylic acids is 1. The first-order valence-corrected chi connectivity index (χ1v) is 9.18. The van der Waals surface area contributed by atoms with Crippen LogP contribution in [0.4, 0.5) is 21.9 Å². The van der Waals surface area contributed by atoms with Gasteiger partial charge in [-0.15, -0.1) is 0 Å². The topological polar surface area (TPSA) is 75.0 Å². The molecule has 1 aromatic carbocycles. The third-order valence-electron chi connectivity index (χ3n) is 4.69. The van der Waals surface area contributed by atoms with E-state index in [2.05, 4.69) is 32.0 Å². The van der Waals surface area contributed by atoms with Gasteiger partial charge in [-0.2, -0.15) is 0 Å². The number of nitrogens with one attached hydrogen (secondary N) is 1. The van der Waals surface area contributed by atoms with Gasteiger partial charge in [0.2, 0.25) is 5.69 Å². The van der Waals surface area contributed by atoms with E-state index in [9.17, 15) is 4.79 Å². The summed E-state index contributed by atoms with van der Waals surface area (Å²) in [7, 11) is 1.48. The summed E-state index contributed by atoms with van der Waals surface area (Å²) in [4.78, 5) is 28.1. The molecular weight excluding hydrogens is 380 g/mol. The Hall–Kier alpha value is -3.05.